The molecule has 5 heteroatoms. The lowest BCUT2D eigenvalue weighted by Crippen LogP contribution is -2.52. The molecule has 1 N–H and O–H groups in total. The maximum Gasteiger partial charge on any atom is 0.227 e. The van der Waals surface area contributed by atoms with Crippen LogP contribution in [0, 0.1) is 6.92 Å². The van der Waals surface area contributed by atoms with E-state index in [9.17, 15) is 4.79 Å². The van der Waals surface area contributed by atoms with Gasteiger partial charge < -0.3 is 15.0 Å². The van der Waals surface area contributed by atoms with Crippen LogP contribution in [0.15, 0.2) is 48.5 Å². The first kappa shape index (κ1) is 20.3. The fourth-order valence-corrected chi connectivity index (χ4v) is 3.20. The molecule has 1 atom stereocenters. The smallest absolute Gasteiger partial charge is 0.227 e. The SMILES string of the molecule is Cc1cccc(COc2cccc(CC(=O)N3CCNC[C@@H]3C)c2)c1.Cl. The lowest BCUT2D eigenvalue weighted by atomic mass is 10.1. The van der Waals surface area contributed by atoms with Crippen LogP contribution in [-0.2, 0) is 17.8 Å². The largest absolute Gasteiger partial charge is 0.489 e. The van der Waals surface area contributed by atoms with Crippen LogP contribution < -0.4 is 10.1 Å². The van der Waals surface area contributed by atoms with Crippen LogP contribution in [0.2, 0.25) is 0 Å². The molecule has 0 spiro atoms. The summed E-state index contributed by atoms with van der Waals surface area (Å²) in [6.45, 7) is 7.22. The number of carbonyl (C=O) groups is 1. The zero-order valence-electron chi connectivity index (χ0n) is 15.4. The van der Waals surface area contributed by atoms with E-state index in [-0.39, 0.29) is 24.4 Å². The number of hydrogen-bond donors (Lipinski definition) is 1. The summed E-state index contributed by atoms with van der Waals surface area (Å²) in [5, 5.41) is 3.31. The van der Waals surface area contributed by atoms with Gasteiger partial charge in [0.15, 0.2) is 0 Å². The zero-order chi connectivity index (χ0) is 17.6. The second-order valence-corrected chi connectivity index (χ2v) is 6.74. The van der Waals surface area contributed by atoms with Gasteiger partial charge in [-0.05, 0) is 37.1 Å². The Kier molecular flexibility index (Phi) is 7.49. The van der Waals surface area contributed by atoms with E-state index in [1.54, 1.807) is 0 Å². The van der Waals surface area contributed by atoms with Gasteiger partial charge in [0.05, 0.1) is 6.42 Å². The molecule has 0 aliphatic carbocycles. The van der Waals surface area contributed by atoms with Gasteiger partial charge in [-0.25, -0.2) is 0 Å². The molecule has 0 saturated carbocycles. The Balaban J connectivity index is 0.00000243. The monoisotopic (exact) mass is 374 g/mol. The van der Waals surface area contributed by atoms with Gasteiger partial charge >= 0.3 is 0 Å². The zero-order valence-corrected chi connectivity index (χ0v) is 16.2. The van der Waals surface area contributed by atoms with Gasteiger partial charge in [0.1, 0.15) is 12.4 Å². The highest BCUT2D eigenvalue weighted by Crippen LogP contribution is 2.17. The normalized spacial score (nSPS) is 16.7. The quantitative estimate of drug-likeness (QED) is 0.872. The third-order valence-electron chi connectivity index (χ3n) is 4.56. The highest BCUT2D eigenvalue weighted by molar-refractivity contribution is 5.85. The van der Waals surface area contributed by atoms with Gasteiger partial charge in [0, 0.05) is 25.7 Å². The molecule has 0 aromatic heterocycles. The molecule has 1 fully saturated rings. The molecule has 0 bridgehead atoms. The number of aryl methyl sites for hydroxylation is 1. The lowest BCUT2D eigenvalue weighted by molar-refractivity contribution is -0.133. The van der Waals surface area contributed by atoms with E-state index in [1.807, 2.05) is 35.2 Å². The molecule has 26 heavy (non-hydrogen) atoms. The fourth-order valence-electron chi connectivity index (χ4n) is 3.20. The van der Waals surface area contributed by atoms with Crippen molar-refractivity contribution in [2.75, 3.05) is 19.6 Å². The first-order valence-corrected chi connectivity index (χ1v) is 8.89. The topological polar surface area (TPSA) is 41.6 Å². The summed E-state index contributed by atoms with van der Waals surface area (Å²) in [5.74, 6) is 0.991. The van der Waals surface area contributed by atoms with Crippen LogP contribution >= 0.6 is 12.4 Å². The number of hydrogen-bond acceptors (Lipinski definition) is 3. The summed E-state index contributed by atoms with van der Waals surface area (Å²) < 4.78 is 5.90. The van der Waals surface area contributed by atoms with Gasteiger partial charge in [-0.1, -0.05) is 42.0 Å². The standard InChI is InChI=1S/C21H26N2O2.ClH/c1-16-5-3-7-19(11-16)15-25-20-8-4-6-18(12-20)13-21(24)23-10-9-22-14-17(23)2;/h3-8,11-12,17,22H,9-10,13-15H2,1-2H3;1H/t17-;/m0./s1. The molecule has 1 heterocycles. The molecule has 0 unspecified atom stereocenters. The Bertz CT molecular complexity index is 735. The summed E-state index contributed by atoms with van der Waals surface area (Å²) in [6.07, 6.45) is 0.423. The van der Waals surface area contributed by atoms with E-state index >= 15 is 0 Å². The van der Waals surface area contributed by atoms with Crippen LogP contribution in [0.5, 0.6) is 5.75 Å². The minimum atomic E-state index is 0. The van der Waals surface area contributed by atoms with Gasteiger partial charge in [-0.3, -0.25) is 4.79 Å². The van der Waals surface area contributed by atoms with Gasteiger partial charge in [0.2, 0.25) is 5.91 Å². The van der Waals surface area contributed by atoms with E-state index in [2.05, 4.69) is 37.4 Å². The number of piperazine rings is 1. The van der Waals surface area contributed by atoms with Crippen LogP contribution in [0.4, 0.5) is 0 Å². The number of ether oxygens (including phenoxy) is 1. The highest BCUT2D eigenvalue weighted by Gasteiger charge is 2.22. The summed E-state index contributed by atoms with van der Waals surface area (Å²) in [7, 11) is 0. The third-order valence-corrected chi connectivity index (χ3v) is 4.56. The number of carbonyl (C=O) groups excluding carboxylic acids is 1. The van der Waals surface area contributed by atoms with E-state index < -0.39 is 0 Å². The van der Waals surface area contributed by atoms with Gasteiger partial charge in [0.25, 0.3) is 0 Å². The Morgan fingerprint density at radius 3 is 2.73 bits per heavy atom. The van der Waals surface area contributed by atoms with Crippen molar-refractivity contribution < 1.29 is 9.53 Å². The van der Waals surface area contributed by atoms with Gasteiger partial charge in [-0.2, -0.15) is 0 Å². The minimum Gasteiger partial charge on any atom is -0.489 e. The van der Waals surface area contributed by atoms with Crippen molar-refractivity contribution in [2.45, 2.75) is 32.9 Å². The van der Waals surface area contributed by atoms with Gasteiger partial charge in [-0.15, -0.1) is 12.4 Å². The Labute approximate surface area is 162 Å². The number of halogens is 1. The molecule has 1 aliphatic rings. The van der Waals surface area contributed by atoms with E-state index in [0.29, 0.717) is 13.0 Å². The molecule has 2 aromatic rings. The molecular formula is C21H27ClN2O2. The molecule has 1 saturated heterocycles. The molecule has 1 amide bonds. The summed E-state index contributed by atoms with van der Waals surface area (Å²) in [6, 6.07) is 16.4. The van der Waals surface area contributed by atoms with Crippen molar-refractivity contribution in [2.24, 2.45) is 0 Å². The number of amides is 1. The summed E-state index contributed by atoms with van der Waals surface area (Å²) in [5.41, 5.74) is 3.37. The molecule has 0 radical (unpaired) electrons. The fraction of sp³-hybridized carbons (Fsp3) is 0.381. The van der Waals surface area contributed by atoms with Crippen molar-refractivity contribution in [3.63, 3.8) is 0 Å². The Hall–Kier alpha value is -2.04. The second kappa shape index (κ2) is 9.60. The predicted octanol–water partition coefficient (Wildman–Crippen LogP) is 3.36. The maximum atomic E-state index is 12.6. The van der Waals surface area contributed by atoms with Crippen LogP contribution in [0.3, 0.4) is 0 Å². The van der Waals surface area contributed by atoms with Crippen LogP contribution in [0.1, 0.15) is 23.6 Å². The molecule has 1 aliphatic heterocycles. The maximum absolute atomic E-state index is 12.6. The molecule has 3 rings (SSSR count). The van der Waals surface area contributed by atoms with Crippen molar-refractivity contribution in [1.29, 1.82) is 0 Å². The number of benzene rings is 2. The van der Waals surface area contributed by atoms with E-state index in [0.717, 1.165) is 36.5 Å². The molecular weight excluding hydrogens is 348 g/mol. The first-order valence-electron chi connectivity index (χ1n) is 8.89. The first-order chi connectivity index (χ1) is 12.1. The van der Waals surface area contributed by atoms with Crippen molar-refractivity contribution >= 4 is 18.3 Å². The minimum absolute atomic E-state index is 0. The number of nitrogens with zero attached hydrogens (tertiary/aromatic N) is 1. The summed E-state index contributed by atoms with van der Waals surface area (Å²) >= 11 is 0. The van der Waals surface area contributed by atoms with E-state index in [4.69, 9.17) is 4.74 Å². The number of rotatable bonds is 5. The lowest BCUT2D eigenvalue weighted by Gasteiger charge is -2.34. The second-order valence-electron chi connectivity index (χ2n) is 6.74. The van der Waals surface area contributed by atoms with Crippen molar-refractivity contribution in [3.05, 3.63) is 65.2 Å². The third kappa shape index (κ3) is 5.48. The van der Waals surface area contributed by atoms with Crippen LogP contribution in [-0.4, -0.2) is 36.5 Å². The van der Waals surface area contributed by atoms with Crippen molar-refractivity contribution in [3.8, 4) is 5.75 Å². The van der Waals surface area contributed by atoms with Crippen molar-refractivity contribution in [1.82, 2.24) is 10.2 Å². The van der Waals surface area contributed by atoms with E-state index in [1.165, 1.54) is 5.56 Å². The molecule has 4 nitrogen and oxygen atoms in total. The molecule has 2 aromatic carbocycles. The molecule has 140 valence electrons. The Morgan fingerprint density at radius 1 is 1.19 bits per heavy atom. The predicted molar refractivity (Wildman–Crippen MR) is 107 cm³/mol. The highest BCUT2D eigenvalue weighted by atomic mass is 35.5. The Morgan fingerprint density at radius 2 is 1.96 bits per heavy atom. The average Bonchev–Trinajstić information content (AvgIpc) is 2.61. The number of nitrogens with one attached hydrogen (secondary N) is 1. The summed E-state index contributed by atoms with van der Waals surface area (Å²) in [4.78, 5) is 14.5. The van der Waals surface area contributed by atoms with Crippen LogP contribution in [0.25, 0.3) is 0 Å². The average molecular weight is 375 g/mol.